The number of nitrogens with zero attached hydrogens (tertiary/aromatic N) is 1. The predicted molar refractivity (Wildman–Crippen MR) is 74.0 cm³/mol. The monoisotopic (exact) mass is 277 g/mol. The average molecular weight is 278 g/mol. The number of nitrogens with one attached hydrogen (secondary N) is 2. The molecular weight excluding hydrogens is 266 g/mol. The highest BCUT2D eigenvalue weighted by atomic mass is 35.5. The van der Waals surface area contributed by atoms with Crippen molar-refractivity contribution in [1.82, 2.24) is 10.2 Å². The zero-order chi connectivity index (χ0) is 13.7. The Morgan fingerprint density at radius 3 is 3.21 bits per heavy atom. The van der Waals surface area contributed by atoms with E-state index in [1.165, 1.54) is 0 Å². The van der Waals surface area contributed by atoms with Crippen molar-refractivity contribution in [1.29, 1.82) is 0 Å². The van der Waals surface area contributed by atoms with Gasteiger partial charge in [0.25, 0.3) is 0 Å². The van der Waals surface area contributed by atoms with E-state index in [0.29, 0.717) is 16.4 Å². The number of anilines is 1. The van der Waals surface area contributed by atoms with Crippen LogP contribution in [0.5, 0.6) is 0 Å². The standard InChI is InChI=1S/C13H12ClN3O2/c1-2-7-19-8-6-11(18)15-13-9-4-3-5-10(14)12(9)16-17-13/h1,3-5H,6-8H2,(H2,15,16,17,18). The van der Waals surface area contributed by atoms with Crippen LogP contribution in [0.3, 0.4) is 0 Å². The van der Waals surface area contributed by atoms with Gasteiger partial charge in [-0.25, -0.2) is 0 Å². The number of ether oxygens (including phenoxy) is 1. The van der Waals surface area contributed by atoms with Crippen LogP contribution >= 0.6 is 11.6 Å². The topological polar surface area (TPSA) is 67.0 Å². The molecule has 2 rings (SSSR count). The number of hydrogen-bond acceptors (Lipinski definition) is 3. The second-order valence-corrected chi connectivity index (χ2v) is 4.20. The molecule has 0 aliphatic carbocycles. The molecule has 0 atom stereocenters. The maximum Gasteiger partial charge on any atom is 0.227 e. The van der Waals surface area contributed by atoms with Gasteiger partial charge in [-0.05, 0) is 12.1 Å². The van der Waals surface area contributed by atoms with Gasteiger partial charge in [0, 0.05) is 5.39 Å². The molecule has 0 saturated carbocycles. The van der Waals surface area contributed by atoms with Crippen LogP contribution in [0, 0.1) is 12.3 Å². The molecule has 0 fully saturated rings. The third-order valence-corrected chi connectivity index (χ3v) is 2.78. The van der Waals surface area contributed by atoms with Crippen LogP contribution in [-0.2, 0) is 9.53 Å². The number of H-pyrrole nitrogens is 1. The van der Waals surface area contributed by atoms with Crippen LogP contribution < -0.4 is 5.32 Å². The smallest absolute Gasteiger partial charge is 0.227 e. The van der Waals surface area contributed by atoms with Crippen molar-refractivity contribution in [2.75, 3.05) is 18.5 Å². The molecule has 5 nitrogen and oxygen atoms in total. The summed E-state index contributed by atoms with van der Waals surface area (Å²) < 4.78 is 5.03. The fourth-order valence-corrected chi connectivity index (χ4v) is 1.81. The third-order valence-electron chi connectivity index (χ3n) is 2.46. The number of aromatic amines is 1. The molecule has 19 heavy (non-hydrogen) atoms. The molecule has 0 unspecified atom stereocenters. The maximum atomic E-state index is 11.7. The van der Waals surface area contributed by atoms with E-state index in [-0.39, 0.29) is 25.5 Å². The number of rotatable bonds is 5. The lowest BCUT2D eigenvalue weighted by molar-refractivity contribution is -0.117. The summed E-state index contributed by atoms with van der Waals surface area (Å²) in [4.78, 5) is 11.7. The van der Waals surface area contributed by atoms with Crippen LogP contribution in [0.2, 0.25) is 5.02 Å². The van der Waals surface area contributed by atoms with Gasteiger partial charge < -0.3 is 10.1 Å². The Kier molecular flexibility index (Phi) is 4.39. The Labute approximate surface area is 115 Å². The minimum absolute atomic E-state index is 0.189. The highest BCUT2D eigenvalue weighted by Gasteiger charge is 2.10. The number of hydrogen-bond donors (Lipinski definition) is 2. The van der Waals surface area contributed by atoms with Gasteiger partial charge in [-0.15, -0.1) is 6.42 Å². The minimum Gasteiger partial charge on any atom is -0.368 e. The molecule has 1 aromatic carbocycles. The van der Waals surface area contributed by atoms with E-state index in [1.54, 1.807) is 12.1 Å². The van der Waals surface area contributed by atoms with E-state index in [4.69, 9.17) is 22.8 Å². The quantitative estimate of drug-likeness (QED) is 0.650. The van der Waals surface area contributed by atoms with E-state index in [2.05, 4.69) is 21.4 Å². The summed E-state index contributed by atoms with van der Waals surface area (Å²) >= 11 is 6.00. The Bertz CT molecular complexity index is 630. The second-order valence-electron chi connectivity index (χ2n) is 3.79. The number of amides is 1. The Morgan fingerprint density at radius 1 is 1.58 bits per heavy atom. The van der Waals surface area contributed by atoms with Crippen molar-refractivity contribution in [3.05, 3.63) is 23.2 Å². The summed E-state index contributed by atoms with van der Waals surface area (Å²) in [5.74, 6) is 2.60. The van der Waals surface area contributed by atoms with Crippen LogP contribution in [0.25, 0.3) is 10.9 Å². The van der Waals surface area contributed by atoms with Crippen LogP contribution in [0.4, 0.5) is 5.82 Å². The molecule has 0 spiro atoms. The molecule has 1 heterocycles. The van der Waals surface area contributed by atoms with Crippen molar-refractivity contribution in [2.24, 2.45) is 0 Å². The first kappa shape index (κ1) is 13.4. The predicted octanol–water partition coefficient (Wildman–Crippen LogP) is 2.19. The normalized spacial score (nSPS) is 10.3. The summed E-state index contributed by atoms with van der Waals surface area (Å²) in [5.41, 5.74) is 0.697. The van der Waals surface area contributed by atoms with Crippen molar-refractivity contribution in [3.8, 4) is 12.3 Å². The second kappa shape index (κ2) is 6.23. The number of para-hydroxylation sites is 1. The largest absolute Gasteiger partial charge is 0.368 e. The number of benzene rings is 1. The zero-order valence-electron chi connectivity index (χ0n) is 10.1. The van der Waals surface area contributed by atoms with Gasteiger partial charge in [0.2, 0.25) is 5.91 Å². The first-order valence-corrected chi connectivity index (χ1v) is 6.04. The number of carbonyl (C=O) groups excluding carboxylic acids is 1. The van der Waals surface area contributed by atoms with Crippen LogP contribution in [-0.4, -0.2) is 29.3 Å². The number of carbonyl (C=O) groups is 1. The molecule has 0 bridgehead atoms. The number of fused-ring (bicyclic) bond motifs is 1. The molecule has 0 saturated heterocycles. The summed E-state index contributed by atoms with van der Waals surface area (Å²) in [5, 5.41) is 10.8. The van der Waals surface area contributed by atoms with Gasteiger partial charge in [-0.3, -0.25) is 9.89 Å². The fraction of sp³-hybridized carbons (Fsp3) is 0.231. The highest BCUT2D eigenvalue weighted by molar-refractivity contribution is 6.35. The van der Waals surface area contributed by atoms with Crippen molar-refractivity contribution in [3.63, 3.8) is 0 Å². The molecule has 1 aromatic heterocycles. The van der Waals surface area contributed by atoms with Crippen molar-refractivity contribution >= 4 is 34.2 Å². The Hall–Kier alpha value is -2.03. The van der Waals surface area contributed by atoms with Crippen molar-refractivity contribution < 1.29 is 9.53 Å². The molecule has 1 amide bonds. The van der Waals surface area contributed by atoms with Gasteiger partial charge in [-0.2, -0.15) is 5.10 Å². The Morgan fingerprint density at radius 2 is 2.42 bits per heavy atom. The number of terminal acetylenes is 1. The zero-order valence-corrected chi connectivity index (χ0v) is 10.8. The molecule has 98 valence electrons. The summed E-state index contributed by atoms with van der Waals surface area (Å²) in [6, 6.07) is 5.38. The van der Waals surface area contributed by atoms with E-state index >= 15 is 0 Å². The van der Waals surface area contributed by atoms with Gasteiger partial charge in [-0.1, -0.05) is 23.6 Å². The van der Waals surface area contributed by atoms with E-state index < -0.39 is 0 Å². The van der Waals surface area contributed by atoms with Crippen molar-refractivity contribution in [2.45, 2.75) is 6.42 Å². The average Bonchev–Trinajstić information content (AvgIpc) is 2.80. The molecule has 6 heteroatoms. The number of aromatic nitrogens is 2. The van der Waals surface area contributed by atoms with E-state index in [0.717, 1.165) is 5.39 Å². The Balaban J connectivity index is 2.00. The molecule has 2 N–H and O–H groups in total. The lowest BCUT2D eigenvalue weighted by atomic mass is 10.2. The van der Waals surface area contributed by atoms with Gasteiger partial charge in [0.1, 0.15) is 6.61 Å². The number of halogens is 1. The lowest BCUT2D eigenvalue weighted by Crippen LogP contribution is -2.14. The summed E-state index contributed by atoms with van der Waals surface area (Å²) in [6.07, 6.45) is 5.25. The third kappa shape index (κ3) is 3.25. The first-order chi connectivity index (χ1) is 9.22. The molecule has 0 aliphatic rings. The maximum absolute atomic E-state index is 11.7. The SMILES string of the molecule is C#CCOCCC(=O)Nc1n[nH]c2c(Cl)cccc12. The molecule has 2 aromatic rings. The molecule has 0 radical (unpaired) electrons. The van der Waals surface area contributed by atoms with Gasteiger partial charge >= 0.3 is 0 Å². The molecule has 0 aliphatic heterocycles. The minimum atomic E-state index is -0.189. The molecular formula is C13H12ClN3O2. The van der Waals surface area contributed by atoms with Crippen LogP contribution in [0.1, 0.15) is 6.42 Å². The summed E-state index contributed by atoms with van der Waals surface area (Å²) in [7, 11) is 0. The first-order valence-electron chi connectivity index (χ1n) is 5.66. The van der Waals surface area contributed by atoms with Crippen LogP contribution in [0.15, 0.2) is 18.2 Å². The summed E-state index contributed by atoms with van der Waals surface area (Å²) in [6.45, 7) is 0.480. The van der Waals surface area contributed by atoms with Gasteiger partial charge in [0.05, 0.1) is 23.6 Å². The van der Waals surface area contributed by atoms with Gasteiger partial charge in [0.15, 0.2) is 5.82 Å². The van der Waals surface area contributed by atoms with E-state index in [9.17, 15) is 4.79 Å². The highest BCUT2D eigenvalue weighted by Crippen LogP contribution is 2.26. The van der Waals surface area contributed by atoms with E-state index in [1.807, 2.05) is 6.07 Å². The fourth-order valence-electron chi connectivity index (χ4n) is 1.59. The lowest BCUT2D eigenvalue weighted by Gasteiger charge is -2.02.